The summed E-state index contributed by atoms with van der Waals surface area (Å²) in [6.45, 7) is 7.30. The molecule has 2 aromatic rings. The largest absolute Gasteiger partial charge is 0.325 e. The molecule has 0 saturated carbocycles. The van der Waals surface area contributed by atoms with E-state index in [-0.39, 0.29) is 5.91 Å². The normalized spacial score (nSPS) is 12.7. The van der Waals surface area contributed by atoms with E-state index in [4.69, 9.17) is 17.3 Å². The smallest absolute Gasteiger partial charge is 0.231 e. The Morgan fingerprint density at radius 1 is 1.35 bits per heavy atom. The van der Waals surface area contributed by atoms with Crippen LogP contribution in [0, 0.1) is 5.41 Å². The molecule has 0 aliphatic rings. The van der Waals surface area contributed by atoms with Gasteiger partial charge in [0.2, 0.25) is 5.91 Å². The maximum absolute atomic E-state index is 12.5. The van der Waals surface area contributed by atoms with E-state index in [0.29, 0.717) is 16.2 Å². The van der Waals surface area contributed by atoms with E-state index < -0.39 is 11.0 Å². The molecule has 0 radical (unpaired) electrons. The molecule has 0 spiro atoms. The molecule has 1 amide bonds. The van der Waals surface area contributed by atoms with Crippen LogP contribution in [0.25, 0.3) is 10.2 Å². The van der Waals surface area contributed by atoms with Gasteiger partial charge in [0.25, 0.3) is 0 Å². The van der Waals surface area contributed by atoms with Gasteiger partial charge in [0.1, 0.15) is 5.52 Å². The van der Waals surface area contributed by atoms with Crippen LogP contribution >= 0.6 is 22.9 Å². The van der Waals surface area contributed by atoms with Gasteiger partial charge in [-0.25, -0.2) is 4.98 Å². The Kier molecular flexibility index (Phi) is 3.79. The van der Waals surface area contributed by atoms with E-state index in [1.54, 1.807) is 11.6 Å². The lowest BCUT2D eigenvalue weighted by molar-refractivity contribution is -0.126. The average Bonchev–Trinajstić information content (AvgIpc) is 2.79. The Hall–Kier alpha value is -1.17. The van der Waals surface area contributed by atoms with E-state index in [1.165, 1.54) is 11.3 Å². The number of nitrogens with one attached hydrogen (secondary N) is 1. The molecule has 0 unspecified atom stereocenters. The van der Waals surface area contributed by atoms with Crippen molar-refractivity contribution in [2.24, 2.45) is 11.1 Å². The first kappa shape index (κ1) is 15.2. The third-order valence-corrected chi connectivity index (χ3v) is 4.98. The van der Waals surface area contributed by atoms with Crippen molar-refractivity contribution in [1.82, 2.24) is 4.98 Å². The minimum absolute atomic E-state index is 0.174. The number of carbonyl (C=O) groups is 1. The maximum Gasteiger partial charge on any atom is 0.231 e. The standard InChI is InChI=1S/C14H18ClN3OS/c1-13(2,14(3,4)16)12(19)18-10-8(15)5-6-9-11(10)17-7-20-9/h5-7H,16H2,1-4H3,(H,18,19). The molecule has 0 saturated heterocycles. The van der Waals surface area contributed by atoms with E-state index in [2.05, 4.69) is 10.3 Å². The summed E-state index contributed by atoms with van der Waals surface area (Å²) in [6.07, 6.45) is 0. The molecule has 2 rings (SSSR count). The highest BCUT2D eigenvalue weighted by Crippen LogP contribution is 2.35. The van der Waals surface area contributed by atoms with E-state index in [0.717, 1.165) is 4.70 Å². The zero-order valence-corrected chi connectivity index (χ0v) is 13.5. The van der Waals surface area contributed by atoms with Gasteiger partial charge in [-0.3, -0.25) is 4.79 Å². The summed E-state index contributed by atoms with van der Waals surface area (Å²) in [5.41, 5.74) is 7.69. The minimum atomic E-state index is -0.742. The molecular weight excluding hydrogens is 294 g/mol. The summed E-state index contributed by atoms with van der Waals surface area (Å²) in [6, 6.07) is 3.65. The number of benzene rings is 1. The van der Waals surface area contributed by atoms with Gasteiger partial charge in [-0.15, -0.1) is 11.3 Å². The molecule has 4 nitrogen and oxygen atoms in total. The quantitative estimate of drug-likeness (QED) is 0.909. The molecule has 108 valence electrons. The number of halogens is 1. The highest BCUT2D eigenvalue weighted by molar-refractivity contribution is 7.16. The number of nitrogens with two attached hydrogens (primary N) is 1. The number of anilines is 1. The Labute approximate surface area is 127 Å². The van der Waals surface area contributed by atoms with Crippen molar-refractivity contribution in [3.63, 3.8) is 0 Å². The van der Waals surface area contributed by atoms with Crippen LogP contribution in [0.3, 0.4) is 0 Å². The van der Waals surface area contributed by atoms with Crippen LogP contribution in [-0.4, -0.2) is 16.4 Å². The monoisotopic (exact) mass is 311 g/mol. The number of aromatic nitrogens is 1. The van der Waals surface area contributed by atoms with Gasteiger partial charge < -0.3 is 11.1 Å². The van der Waals surface area contributed by atoms with Gasteiger partial charge in [-0.1, -0.05) is 11.6 Å². The molecule has 0 atom stereocenters. The van der Waals surface area contributed by atoms with Crippen molar-refractivity contribution >= 4 is 44.7 Å². The molecule has 1 aromatic heterocycles. The van der Waals surface area contributed by atoms with Crippen molar-refractivity contribution in [2.45, 2.75) is 33.2 Å². The van der Waals surface area contributed by atoms with Crippen molar-refractivity contribution in [3.8, 4) is 0 Å². The minimum Gasteiger partial charge on any atom is -0.325 e. The van der Waals surface area contributed by atoms with Crippen molar-refractivity contribution < 1.29 is 4.79 Å². The number of amides is 1. The lowest BCUT2D eigenvalue weighted by atomic mass is 9.74. The van der Waals surface area contributed by atoms with Gasteiger partial charge in [0.15, 0.2) is 0 Å². The number of carbonyl (C=O) groups excluding carboxylic acids is 1. The van der Waals surface area contributed by atoms with Gasteiger partial charge in [0, 0.05) is 5.54 Å². The molecule has 20 heavy (non-hydrogen) atoms. The topological polar surface area (TPSA) is 68.0 Å². The van der Waals surface area contributed by atoms with E-state index >= 15 is 0 Å². The summed E-state index contributed by atoms with van der Waals surface area (Å²) >= 11 is 7.69. The second-order valence-electron chi connectivity index (χ2n) is 5.92. The predicted octanol–water partition coefficient (Wildman–Crippen LogP) is 3.65. The van der Waals surface area contributed by atoms with Gasteiger partial charge in [-0.05, 0) is 39.8 Å². The number of hydrogen-bond donors (Lipinski definition) is 2. The third kappa shape index (κ3) is 2.53. The molecule has 0 aliphatic carbocycles. The zero-order chi connectivity index (χ0) is 15.1. The molecule has 0 fully saturated rings. The average molecular weight is 312 g/mol. The summed E-state index contributed by atoms with van der Waals surface area (Å²) in [4.78, 5) is 16.8. The Morgan fingerprint density at radius 2 is 2.00 bits per heavy atom. The highest BCUT2D eigenvalue weighted by Gasteiger charge is 2.40. The van der Waals surface area contributed by atoms with Gasteiger partial charge >= 0.3 is 0 Å². The molecule has 0 bridgehead atoms. The van der Waals surface area contributed by atoms with E-state index in [9.17, 15) is 4.79 Å². The van der Waals surface area contributed by atoms with Crippen LogP contribution < -0.4 is 11.1 Å². The first-order valence-electron chi connectivity index (χ1n) is 6.26. The second kappa shape index (κ2) is 4.98. The van der Waals surface area contributed by atoms with Crippen LogP contribution in [0.5, 0.6) is 0 Å². The maximum atomic E-state index is 12.5. The summed E-state index contributed by atoms with van der Waals surface area (Å²) in [5, 5.41) is 3.35. The Balaban J connectivity index is 2.40. The van der Waals surface area contributed by atoms with Crippen LogP contribution in [-0.2, 0) is 4.79 Å². The predicted molar refractivity (Wildman–Crippen MR) is 85.3 cm³/mol. The Morgan fingerprint density at radius 3 is 2.60 bits per heavy atom. The number of nitrogens with zero attached hydrogens (tertiary/aromatic N) is 1. The summed E-state index contributed by atoms with van der Waals surface area (Å²) in [5.74, 6) is -0.174. The molecule has 1 aromatic carbocycles. The zero-order valence-electron chi connectivity index (χ0n) is 12.0. The fourth-order valence-corrected chi connectivity index (χ4v) is 2.47. The number of hydrogen-bond acceptors (Lipinski definition) is 4. The second-order valence-corrected chi connectivity index (χ2v) is 7.22. The van der Waals surface area contributed by atoms with Gasteiger partial charge in [0.05, 0.1) is 26.3 Å². The number of rotatable bonds is 3. The first-order valence-corrected chi connectivity index (χ1v) is 7.52. The van der Waals surface area contributed by atoms with E-state index in [1.807, 2.05) is 33.8 Å². The molecular formula is C14H18ClN3OS. The number of thiazole rings is 1. The van der Waals surface area contributed by atoms with Crippen molar-refractivity contribution in [2.75, 3.05) is 5.32 Å². The van der Waals surface area contributed by atoms with Crippen LogP contribution in [0.1, 0.15) is 27.7 Å². The lowest BCUT2D eigenvalue weighted by Crippen LogP contribution is -2.53. The fourth-order valence-electron chi connectivity index (χ4n) is 1.59. The number of fused-ring (bicyclic) bond motifs is 1. The molecule has 1 heterocycles. The molecule has 0 aliphatic heterocycles. The summed E-state index contributed by atoms with van der Waals surface area (Å²) < 4.78 is 0.981. The van der Waals surface area contributed by atoms with Crippen LogP contribution in [0.4, 0.5) is 5.69 Å². The van der Waals surface area contributed by atoms with Crippen molar-refractivity contribution in [3.05, 3.63) is 22.7 Å². The Bertz CT molecular complexity index is 658. The highest BCUT2D eigenvalue weighted by atomic mass is 35.5. The van der Waals surface area contributed by atoms with Crippen LogP contribution in [0.15, 0.2) is 17.6 Å². The molecule has 6 heteroatoms. The molecule has 3 N–H and O–H groups in total. The first-order chi connectivity index (χ1) is 9.14. The third-order valence-electron chi connectivity index (χ3n) is 3.87. The summed E-state index contributed by atoms with van der Waals surface area (Å²) in [7, 11) is 0. The van der Waals surface area contributed by atoms with Gasteiger partial charge in [-0.2, -0.15) is 0 Å². The van der Waals surface area contributed by atoms with Crippen molar-refractivity contribution in [1.29, 1.82) is 0 Å². The lowest BCUT2D eigenvalue weighted by Gasteiger charge is -2.36. The fraction of sp³-hybridized carbons (Fsp3) is 0.429. The SMILES string of the molecule is CC(C)(N)C(C)(C)C(=O)Nc1c(Cl)ccc2scnc12. The van der Waals surface area contributed by atoms with Crippen LogP contribution in [0.2, 0.25) is 5.02 Å².